The molecule has 0 spiro atoms. The van der Waals surface area contributed by atoms with Crippen LogP contribution in [-0.4, -0.2) is 13.0 Å². The summed E-state index contributed by atoms with van der Waals surface area (Å²) in [5.74, 6) is 0. The van der Waals surface area contributed by atoms with E-state index in [1.165, 1.54) is 6.07 Å². The van der Waals surface area contributed by atoms with Crippen LogP contribution in [0.5, 0.6) is 0 Å². The minimum atomic E-state index is -4.43. The first-order valence-corrected chi connectivity index (χ1v) is 7.41. The van der Waals surface area contributed by atoms with Crippen molar-refractivity contribution in [3.05, 3.63) is 42.0 Å². The van der Waals surface area contributed by atoms with Gasteiger partial charge in [-0.3, -0.25) is 0 Å². The van der Waals surface area contributed by atoms with E-state index in [0.29, 0.717) is 5.39 Å². The summed E-state index contributed by atoms with van der Waals surface area (Å²) in [5.41, 5.74) is 0.935. The standard InChI is InChI=1S/C14H16O3S.K/c1-2-3-6-11-7-4-8-12-9-5-10-13(14(11)12)18(15,16)17;/h4-5,7-10H,2-3,6H2,1H3,(H,15,16,17);/q;+1/p-1. The Morgan fingerprint density at radius 2 is 1.74 bits per heavy atom. The van der Waals surface area contributed by atoms with E-state index in [2.05, 4.69) is 6.92 Å². The molecule has 96 valence electrons. The Labute approximate surface area is 156 Å². The number of aryl methyl sites for hydroxylation is 1. The summed E-state index contributed by atoms with van der Waals surface area (Å²) >= 11 is 0. The van der Waals surface area contributed by atoms with Crippen molar-refractivity contribution < 1.29 is 64.4 Å². The molecule has 2 aromatic carbocycles. The van der Waals surface area contributed by atoms with Gasteiger partial charge in [0.05, 0.1) is 4.90 Å². The van der Waals surface area contributed by atoms with Crippen LogP contribution in [0, 0.1) is 0 Å². The van der Waals surface area contributed by atoms with Crippen LogP contribution in [0.3, 0.4) is 0 Å². The second kappa shape index (κ2) is 7.31. The van der Waals surface area contributed by atoms with Gasteiger partial charge in [-0.05, 0) is 29.9 Å². The van der Waals surface area contributed by atoms with E-state index in [1.807, 2.05) is 24.3 Å². The number of hydrogen-bond acceptors (Lipinski definition) is 3. The van der Waals surface area contributed by atoms with Gasteiger partial charge in [0.1, 0.15) is 10.1 Å². The Bertz CT molecular complexity index is 660. The fourth-order valence-corrected chi connectivity index (χ4v) is 2.91. The first kappa shape index (κ1) is 17.3. The van der Waals surface area contributed by atoms with Crippen molar-refractivity contribution in [2.75, 3.05) is 0 Å². The summed E-state index contributed by atoms with van der Waals surface area (Å²) in [6, 6.07) is 10.5. The maximum atomic E-state index is 11.3. The van der Waals surface area contributed by atoms with Crippen LogP contribution in [0.15, 0.2) is 41.3 Å². The van der Waals surface area contributed by atoms with E-state index < -0.39 is 10.1 Å². The smallest absolute Gasteiger partial charge is 0.744 e. The third-order valence-electron chi connectivity index (χ3n) is 3.02. The van der Waals surface area contributed by atoms with Crippen molar-refractivity contribution in [2.24, 2.45) is 0 Å². The SMILES string of the molecule is CCCCc1cccc2cccc(S(=O)(=O)[O-])c12.[K+]. The zero-order valence-electron chi connectivity index (χ0n) is 11.2. The normalized spacial score (nSPS) is 11.3. The molecular weight excluding hydrogens is 287 g/mol. The third-order valence-corrected chi connectivity index (χ3v) is 3.90. The molecule has 0 saturated carbocycles. The van der Waals surface area contributed by atoms with Crippen molar-refractivity contribution in [3.8, 4) is 0 Å². The molecule has 0 aromatic heterocycles. The fourth-order valence-electron chi connectivity index (χ4n) is 2.17. The fraction of sp³-hybridized carbons (Fsp3) is 0.286. The average Bonchev–Trinajstić information content (AvgIpc) is 2.34. The summed E-state index contributed by atoms with van der Waals surface area (Å²) in [5, 5.41) is 1.39. The van der Waals surface area contributed by atoms with Crippen molar-refractivity contribution in [2.45, 2.75) is 31.1 Å². The Hall–Kier alpha value is 0.246. The molecule has 0 heterocycles. The van der Waals surface area contributed by atoms with Gasteiger partial charge in [0.2, 0.25) is 0 Å². The largest absolute Gasteiger partial charge is 1.00 e. The number of fused-ring (bicyclic) bond motifs is 1. The Morgan fingerprint density at radius 3 is 2.32 bits per heavy atom. The van der Waals surface area contributed by atoms with Crippen LogP contribution in [0.25, 0.3) is 10.8 Å². The molecule has 0 bridgehead atoms. The van der Waals surface area contributed by atoms with Gasteiger partial charge in [-0.15, -0.1) is 0 Å². The molecule has 0 aliphatic heterocycles. The Morgan fingerprint density at radius 1 is 1.11 bits per heavy atom. The third kappa shape index (κ3) is 4.11. The summed E-state index contributed by atoms with van der Waals surface area (Å²) in [4.78, 5) is -0.105. The molecule has 0 saturated heterocycles. The Kier molecular flexibility index (Phi) is 6.66. The molecule has 5 heteroatoms. The topological polar surface area (TPSA) is 57.2 Å². The summed E-state index contributed by atoms with van der Waals surface area (Å²) in [7, 11) is -4.43. The van der Waals surface area contributed by atoms with E-state index >= 15 is 0 Å². The number of rotatable bonds is 4. The molecular formula is C14H15KO3S. The summed E-state index contributed by atoms with van der Waals surface area (Å²) < 4.78 is 34.0. The van der Waals surface area contributed by atoms with Gasteiger partial charge in [0.15, 0.2) is 0 Å². The predicted octanol–water partition coefficient (Wildman–Crippen LogP) is 0.0905. The molecule has 3 nitrogen and oxygen atoms in total. The number of unbranched alkanes of at least 4 members (excludes halogenated alkanes) is 1. The van der Waals surface area contributed by atoms with Crippen LogP contribution >= 0.6 is 0 Å². The molecule has 0 radical (unpaired) electrons. The van der Waals surface area contributed by atoms with E-state index in [0.717, 1.165) is 30.2 Å². The minimum Gasteiger partial charge on any atom is -0.744 e. The quantitative estimate of drug-likeness (QED) is 0.594. The van der Waals surface area contributed by atoms with E-state index in [-0.39, 0.29) is 56.3 Å². The molecule has 0 unspecified atom stereocenters. The van der Waals surface area contributed by atoms with Crippen molar-refractivity contribution in [1.82, 2.24) is 0 Å². The van der Waals surface area contributed by atoms with Crippen molar-refractivity contribution >= 4 is 20.9 Å². The van der Waals surface area contributed by atoms with Gasteiger partial charge in [-0.25, -0.2) is 8.42 Å². The first-order chi connectivity index (χ1) is 8.54. The second-order valence-corrected chi connectivity index (χ2v) is 5.68. The van der Waals surface area contributed by atoms with Crippen LogP contribution < -0.4 is 51.4 Å². The molecule has 0 aliphatic rings. The van der Waals surface area contributed by atoms with Gasteiger partial charge in [-0.2, -0.15) is 0 Å². The van der Waals surface area contributed by atoms with Crippen LogP contribution in [0.2, 0.25) is 0 Å². The molecule has 0 N–H and O–H groups in total. The molecule has 2 rings (SSSR count). The van der Waals surface area contributed by atoms with Gasteiger partial charge < -0.3 is 4.55 Å². The summed E-state index contributed by atoms with van der Waals surface area (Å²) in [6.45, 7) is 2.08. The number of hydrogen-bond donors (Lipinski definition) is 0. The van der Waals surface area contributed by atoms with Crippen LogP contribution in [0.1, 0.15) is 25.3 Å². The maximum absolute atomic E-state index is 11.3. The molecule has 19 heavy (non-hydrogen) atoms. The summed E-state index contributed by atoms with van der Waals surface area (Å²) in [6.07, 6.45) is 2.80. The van der Waals surface area contributed by atoms with Gasteiger partial charge >= 0.3 is 51.4 Å². The zero-order valence-corrected chi connectivity index (χ0v) is 15.2. The van der Waals surface area contributed by atoms with E-state index in [9.17, 15) is 13.0 Å². The molecule has 2 aromatic rings. The van der Waals surface area contributed by atoms with E-state index in [4.69, 9.17) is 0 Å². The maximum Gasteiger partial charge on any atom is 1.00 e. The second-order valence-electron chi connectivity index (χ2n) is 4.33. The first-order valence-electron chi connectivity index (χ1n) is 6.00. The zero-order chi connectivity index (χ0) is 13.2. The number of benzene rings is 2. The average molecular weight is 302 g/mol. The van der Waals surface area contributed by atoms with Crippen molar-refractivity contribution in [1.29, 1.82) is 0 Å². The van der Waals surface area contributed by atoms with Gasteiger partial charge in [0, 0.05) is 5.39 Å². The molecule has 0 fully saturated rings. The molecule has 0 aliphatic carbocycles. The monoisotopic (exact) mass is 302 g/mol. The van der Waals surface area contributed by atoms with E-state index in [1.54, 1.807) is 6.07 Å². The van der Waals surface area contributed by atoms with Crippen molar-refractivity contribution in [3.63, 3.8) is 0 Å². The van der Waals surface area contributed by atoms with Crippen LogP contribution in [0.4, 0.5) is 0 Å². The Balaban J connectivity index is 0.00000180. The predicted molar refractivity (Wildman–Crippen MR) is 70.5 cm³/mol. The molecule has 0 atom stereocenters. The van der Waals surface area contributed by atoms with Crippen LogP contribution in [-0.2, 0) is 16.5 Å². The van der Waals surface area contributed by atoms with Gasteiger partial charge in [-0.1, -0.05) is 43.7 Å². The van der Waals surface area contributed by atoms with Gasteiger partial charge in [0.25, 0.3) is 0 Å². The minimum absolute atomic E-state index is 0. The molecule has 0 amide bonds.